The number of rotatable bonds is 4. The topological polar surface area (TPSA) is 35.5 Å². The normalized spacial score (nSPS) is 17.4. The van der Waals surface area contributed by atoms with Crippen molar-refractivity contribution >= 4 is 7.60 Å². The first-order valence-corrected chi connectivity index (χ1v) is 4.92. The number of halogens is 3. The molecule has 0 aromatic rings. The van der Waals surface area contributed by atoms with E-state index in [1.807, 2.05) is 0 Å². The number of hydrogen-bond acceptors (Lipinski definition) is 3. The summed E-state index contributed by atoms with van der Waals surface area (Å²) >= 11 is 0. The molecule has 74 valence electrons. The Labute approximate surface area is 68.4 Å². The summed E-state index contributed by atoms with van der Waals surface area (Å²) in [7, 11) is -3.01. The maximum absolute atomic E-state index is 11.7. The van der Waals surface area contributed by atoms with Crippen LogP contribution in [0.1, 0.15) is 6.92 Å². The van der Waals surface area contributed by atoms with Gasteiger partial charge in [0.1, 0.15) is 6.16 Å². The van der Waals surface area contributed by atoms with Crippen molar-refractivity contribution in [2.45, 2.75) is 13.1 Å². The molecule has 0 heterocycles. The first kappa shape index (κ1) is 11.9. The van der Waals surface area contributed by atoms with Crippen molar-refractivity contribution in [3.63, 3.8) is 0 Å². The minimum absolute atomic E-state index is 0.0683. The predicted octanol–water partition coefficient (Wildman–Crippen LogP) is 2.42. The third kappa shape index (κ3) is 4.74. The lowest BCUT2D eigenvalue weighted by Crippen LogP contribution is -2.16. The Bertz CT molecular complexity index is 179. The molecule has 0 saturated carbocycles. The molecular weight excluding hydrogens is 196 g/mol. The van der Waals surface area contributed by atoms with E-state index in [0.29, 0.717) is 0 Å². The Balaban J connectivity index is 4.25. The van der Waals surface area contributed by atoms with Crippen molar-refractivity contribution in [1.29, 1.82) is 0 Å². The molecule has 0 aliphatic carbocycles. The SMILES string of the molecule is CCOP(=O)(CC(F)(F)F)OC. The Morgan fingerprint density at radius 2 is 1.92 bits per heavy atom. The van der Waals surface area contributed by atoms with Gasteiger partial charge in [-0.3, -0.25) is 4.57 Å². The van der Waals surface area contributed by atoms with Crippen LogP contribution in [-0.2, 0) is 13.6 Å². The van der Waals surface area contributed by atoms with Crippen LogP contribution in [-0.4, -0.2) is 26.1 Å². The zero-order chi connectivity index (χ0) is 9.83. The standard InChI is InChI=1S/C5H10F3O3P/c1-3-11-12(9,10-2)4-5(6,7)8/h3-4H2,1-2H3. The second kappa shape index (κ2) is 4.25. The van der Waals surface area contributed by atoms with Gasteiger partial charge >= 0.3 is 13.8 Å². The molecule has 0 bridgehead atoms. The molecular formula is C5H10F3O3P. The molecule has 7 heteroatoms. The van der Waals surface area contributed by atoms with Crippen molar-refractivity contribution in [1.82, 2.24) is 0 Å². The van der Waals surface area contributed by atoms with Gasteiger partial charge in [-0.1, -0.05) is 0 Å². The third-order valence-corrected chi connectivity index (χ3v) is 2.93. The maximum Gasteiger partial charge on any atom is 0.400 e. The fourth-order valence-corrected chi connectivity index (χ4v) is 1.74. The van der Waals surface area contributed by atoms with Gasteiger partial charge in [-0.2, -0.15) is 13.2 Å². The largest absolute Gasteiger partial charge is 0.400 e. The average molecular weight is 206 g/mol. The van der Waals surface area contributed by atoms with Gasteiger partial charge in [0.2, 0.25) is 0 Å². The van der Waals surface area contributed by atoms with E-state index >= 15 is 0 Å². The van der Waals surface area contributed by atoms with Gasteiger partial charge in [0.25, 0.3) is 0 Å². The van der Waals surface area contributed by atoms with Gasteiger partial charge in [0.15, 0.2) is 0 Å². The molecule has 0 fully saturated rings. The maximum atomic E-state index is 11.7. The van der Waals surface area contributed by atoms with Crippen LogP contribution in [0.3, 0.4) is 0 Å². The van der Waals surface area contributed by atoms with E-state index in [-0.39, 0.29) is 6.61 Å². The van der Waals surface area contributed by atoms with Gasteiger partial charge in [-0.05, 0) is 6.92 Å². The van der Waals surface area contributed by atoms with Crippen LogP contribution in [0.4, 0.5) is 13.2 Å². The summed E-state index contributed by atoms with van der Waals surface area (Å²) in [6, 6.07) is 0. The Kier molecular flexibility index (Phi) is 4.23. The molecule has 0 spiro atoms. The van der Waals surface area contributed by atoms with Gasteiger partial charge in [0.05, 0.1) is 6.61 Å². The molecule has 0 radical (unpaired) electrons. The molecule has 3 nitrogen and oxygen atoms in total. The van der Waals surface area contributed by atoms with E-state index in [4.69, 9.17) is 0 Å². The molecule has 0 aromatic heterocycles. The molecule has 1 unspecified atom stereocenters. The van der Waals surface area contributed by atoms with Crippen molar-refractivity contribution in [3.05, 3.63) is 0 Å². The highest BCUT2D eigenvalue weighted by Crippen LogP contribution is 2.50. The fraction of sp³-hybridized carbons (Fsp3) is 1.00. The quantitative estimate of drug-likeness (QED) is 0.662. The zero-order valence-electron chi connectivity index (χ0n) is 6.72. The van der Waals surface area contributed by atoms with Gasteiger partial charge < -0.3 is 9.05 Å². The Morgan fingerprint density at radius 3 is 2.17 bits per heavy atom. The molecule has 1 atom stereocenters. The summed E-state index contributed by atoms with van der Waals surface area (Å²) in [5, 5.41) is 0. The Hall–Kier alpha value is -0.0600. The van der Waals surface area contributed by atoms with Crippen LogP contribution in [0.2, 0.25) is 0 Å². The Morgan fingerprint density at radius 1 is 1.42 bits per heavy atom. The minimum atomic E-state index is -4.53. The third-order valence-electron chi connectivity index (χ3n) is 0.977. The minimum Gasteiger partial charge on any atom is -0.312 e. The zero-order valence-corrected chi connectivity index (χ0v) is 7.61. The van der Waals surface area contributed by atoms with Gasteiger partial charge in [0, 0.05) is 7.11 Å². The summed E-state index contributed by atoms with van der Waals surface area (Å²) in [4.78, 5) is 0. The van der Waals surface area contributed by atoms with Crippen molar-refractivity contribution < 1.29 is 26.8 Å². The summed E-state index contributed by atoms with van der Waals surface area (Å²) in [5.74, 6) is 0. The van der Waals surface area contributed by atoms with Crippen molar-refractivity contribution in [2.75, 3.05) is 19.9 Å². The molecule has 0 aliphatic rings. The first-order chi connectivity index (χ1) is 5.33. The smallest absolute Gasteiger partial charge is 0.312 e. The van der Waals surface area contributed by atoms with Crippen LogP contribution in [0.25, 0.3) is 0 Å². The van der Waals surface area contributed by atoms with E-state index in [1.54, 1.807) is 0 Å². The highest BCUT2D eigenvalue weighted by atomic mass is 31.2. The molecule has 0 saturated heterocycles. The van der Waals surface area contributed by atoms with E-state index in [9.17, 15) is 17.7 Å². The van der Waals surface area contributed by atoms with E-state index in [0.717, 1.165) is 7.11 Å². The van der Waals surface area contributed by atoms with Crippen LogP contribution < -0.4 is 0 Å². The second-order valence-corrected chi connectivity index (χ2v) is 4.15. The lowest BCUT2D eigenvalue weighted by Gasteiger charge is -2.16. The first-order valence-electron chi connectivity index (χ1n) is 3.19. The lowest BCUT2D eigenvalue weighted by molar-refractivity contribution is -0.110. The van der Waals surface area contributed by atoms with E-state index in [1.165, 1.54) is 6.92 Å². The molecule has 0 aliphatic heterocycles. The van der Waals surface area contributed by atoms with Crippen molar-refractivity contribution in [3.8, 4) is 0 Å². The average Bonchev–Trinajstić information content (AvgIpc) is 1.84. The predicted molar refractivity (Wildman–Crippen MR) is 37.2 cm³/mol. The van der Waals surface area contributed by atoms with Crippen LogP contribution >= 0.6 is 7.60 Å². The summed E-state index contributed by atoms with van der Waals surface area (Å²) in [6.07, 6.45) is -6.06. The summed E-state index contributed by atoms with van der Waals surface area (Å²) in [6.45, 7) is 1.38. The van der Waals surface area contributed by atoms with E-state index < -0.39 is 19.9 Å². The summed E-state index contributed by atoms with van der Waals surface area (Å²) < 4.78 is 54.8. The van der Waals surface area contributed by atoms with Gasteiger partial charge in [-0.25, -0.2) is 0 Å². The fourth-order valence-electron chi connectivity index (χ4n) is 0.579. The van der Waals surface area contributed by atoms with Crippen LogP contribution in [0.15, 0.2) is 0 Å². The number of alkyl halides is 3. The molecule has 0 N–H and O–H groups in total. The molecule has 0 amide bonds. The highest BCUT2D eigenvalue weighted by molar-refractivity contribution is 7.53. The molecule has 0 rings (SSSR count). The molecule has 0 aromatic carbocycles. The van der Waals surface area contributed by atoms with E-state index in [2.05, 4.69) is 9.05 Å². The van der Waals surface area contributed by atoms with Crippen LogP contribution in [0.5, 0.6) is 0 Å². The highest BCUT2D eigenvalue weighted by Gasteiger charge is 2.40. The monoisotopic (exact) mass is 206 g/mol. The van der Waals surface area contributed by atoms with Gasteiger partial charge in [-0.15, -0.1) is 0 Å². The molecule has 12 heavy (non-hydrogen) atoms. The number of hydrogen-bond donors (Lipinski definition) is 0. The second-order valence-electron chi connectivity index (χ2n) is 1.98. The van der Waals surface area contributed by atoms with Crippen molar-refractivity contribution in [2.24, 2.45) is 0 Å². The summed E-state index contributed by atoms with van der Waals surface area (Å²) in [5.41, 5.74) is 0. The van der Waals surface area contributed by atoms with Crippen LogP contribution in [0, 0.1) is 0 Å². The lowest BCUT2D eigenvalue weighted by atomic mass is 10.8.